The Labute approximate surface area is 194 Å². The minimum atomic E-state index is -0.973. The van der Waals surface area contributed by atoms with E-state index < -0.39 is 12.2 Å². The molecule has 1 atom stereocenters. The Balaban J connectivity index is 1.40. The van der Waals surface area contributed by atoms with Crippen LogP contribution in [0.3, 0.4) is 0 Å². The molecule has 2 amide bonds. The van der Waals surface area contributed by atoms with Gasteiger partial charge in [0.2, 0.25) is 6.10 Å². The fourth-order valence-corrected chi connectivity index (χ4v) is 4.88. The van der Waals surface area contributed by atoms with E-state index >= 15 is 0 Å². The van der Waals surface area contributed by atoms with E-state index in [1.807, 2.05) is 35.2 Å². The van der Waals surface area contributed by atoms with Crippen molar-refractivity contribution in [3.8, 4) is 0 Å². The van der Waals surface area contributed by atoms with E-state index in [0.29, 0.717) is 35.3 Å². The molecule has 2 aliphatic rings. The second kappa shape index (κ2) is 10.8. The number of amides is 2. The molecule has 2 N–H and O–H groups in total. The summed E-state index contributed by atoms with van der Waals surface area (Å²) in [6, 6.07) is 16.0. The highest BCUT2D eigenvalue weighted by Crippen LogP contribution is 2.32. The van der Waals surface area contributed by atoms with Gasteiger partial charge in [0.25, 0.3) is 5.91 Å². The summed E-state index contributed by atoms with van der Waals surface area (Å²) in [7, 11) is 0. The van der Waals surface area contributed by atoms with E-state index in [0.717, 1.165) is 31.8 Å². The van der Waals surface area contributed by atoms with E-state index in [-0.39, 0.29) is 5.91 Å². The van der Waals surface area contributed by atoms with Crippen molar-refractivity contribution in [1.29, 1.82) is 0 Å². The van der Waals surface area contributed by atoms with Crippen LogP contribution >= 0.6 is 11.6 Å². The highest BCUT2D eigenvalue weighted by Gasteiger charge is 2.34. The molecule has 6 nitrogen and oxygen atoms in total. The molecule has 2 aromatic carbocycles. The zero-order valence-corrected chi connectivity index (χ0v) is 18.9. The van der Waals surface area contributed by atoms with Crippen molar-refractivity contribution in [3.05, 3.63) is 65.2 Å². The Morgan fingerprint density at radius 2 is 1.56 bits per heavy atom. The molecule has 0 radical (unpaired) electrons. The third-order valence-electron chi connectivity index (χ3n) is 6.54. The van der Waals surface area contributed by atoms with E-state index in [9.17, 15) is 9.59 Å². The Morgan fingerprint density at radius 1 is 0.938 bits per heavy atom. The van der Waals surface area contributed by atoms with Crippen molar-refractivity contribution < 1.29 is 14.3 Å². The molecular formula is C25H30ClN3O3. The number of hydrogen-bond donors (Lipinski definition) is 2. The zero-order valence-electron chi connectivity index (χ0n) is 18.1. The fourth-order valence-electron chi connectivity index (χ4n) is 4.75. The lowest BCUT2D eigenvalue weighted by Gasteiger charge is -2.38. The largest absolute Gasteiger partial charge is 0.431 e. The van der Waals surface area contributed by atoms with Crippen LogP contribution in [0.15, 0.2) is 54.6 Å². The van der Waals surface area contributed by atoms with Crippen molar-refractivity contribution in [1.82, 2.24) is 10.2 Å². The molecule has 2 aliphatic heterocycles. The summed E-state index contributed by atoms with van der Waals surface area (Å²) in [5, 5.41) is 6.69. The molecule has 2 aromatic rings. The number of anilines is 1. The second-order valence-electron chi connectivity index (χ2n) is 8.58. The summed E-state index contributed by atoms with van der Waals surface area (Å²) in [4.78, 5) is 27.8. The SMILES string of the molecule is O=C(Nc1ccc(Cl)cc1)O[C@@H](C(=O)N1CCC(C2CCNCC2)CC1)c1ccccc1. The third kappa shape index (κ3) is 5.81. The van der Waals surface area contributed by atoms with Crippen LogP contribution in [0, 0.1) is 11.8 Å². The van der Waals surface area contributed by atoms with Gasteiger partial charge in [0.05, 0.1) is 0 Å². The molecule has 2 saturated heterocycles. The van der Waals surface area contributed by atoms with E-state index in [2.05, 4.69) is 10.6 Å². The first-order valence-electron chi connectivity index (χ1n) is 11.4. The first kappa shape index (κ1) is 22.6. The van der Waals surface area contributed by atoms with Gasteiger partial charge in [0, 0.05) is 29.4 Å². The number of hydrogen-bond acceptors (Lipinski definition) is 4. The molecule has 0 saturated carbocycles. The molecule has 32 heavy (non-hydrogen) atoms. The van der Waals surface area contributed by atoms with E-state index in [4.69, 9.17) is 16.3 Å². The van der Waals surface area contributed by atoms with Gasteiger partial charge in [-0.1, -0.05) is 41.9 Å². The molecule has 2 fully saturated rings. The first-order valence-corrected chi connectivity index (χ1v) is 11.8. The van der Waals surface area contributed by atoms with Gasteiger partial charge in [-0.3, -0.25) is 10.1 Å². The average Bonchev–Trinajstić information content (AvgIpc) is 2.85. The normalized spacial score (nSPS) is 18.7. The number of rotatable bonds is 5. The minimum Gasteiger partial charge on any atom is -0.431 e. The molecule has 0 aromatic heterocycles. The number of carbonyl (C=O) groups excluding carboxylic acids is 2. The van der Waals surface area contributed by atoms with Crippen molar-refractivity contribution in [2.45, 2.75) is 31.8 Å². The second-order valence-corrected chi connectivity index (χ2v) is 9.01. The molecule has 7 heteroatoms. The molecule has 2 heterocycles. The van der Waals surface area contributed by atoms with Gasteiger partial charge in [0.15, 0.2) is 0 Å². The third-order valence-corrected chi connectivity index (χ3v) is 6.80. The number of nitrogens with one attached hydrogen (secondary N) is 2. The quantitative estimate of drug-likeness (QED) is 0.674. The van der Waals surface area contributed by atoms with Crippen molar-refractivity contribution >= 4 is 29.3 Å². The molecule has 0 bridgehead atoms. The standard InChI is InChI=1S/C25H30ClN3O3/c26-21-6-8-22(9-7-21)28-25(31)32-23(20-4-2-1-3-5-20)24(30)29-16-12-19(13-17-29)18-10-14-27-15-11-18/h1-9,18-19,23,27H,10-17H2,(H,28,31)/t23-/m1/s1. The smallest absolute Gasteiger partial charge is 0.412 e. The van der Waals surface area contributed by atoms with Gasteiger partial charge < -0.3 is 15.0 Å². The number of likely N-dealkylation sites (tertiary alicyclic amines) is 1. The molecule has 170 valence electrons. The van der Waals surface area contributed by atoms with Crippen molar-refractivity contribution in [2.24, 2.45) is 11.8 Å². The lowest BCUT2D eigenvalue weighted by Crippen LogP contribution is -2.44. The summed E-state index contributed by atoms with van der Waals surface area (Å²) in [6.45, 7) is 3.60. The predicted molar refractivity (Wildman–Crippen MR) is 126 cm³/mol. The number of piperidine rings is 2. The monoisotopic (exact) mass is 455 g/mol. The van der Waals surface area contributed by atoms with Crippen LogP contribution in [0.25, 0.3) is 0 Å². The van der Waals surface area contributed by atoms with Gasteiger partial charge in [0.1, 0.15) is 0 Å². The predicted octanol–water partition coefficient (Wildman–Crippen LogP) is 4.87. The zero-order chi connectivity index (χ0) is 22.3. The number of benzene rings is 2. The Hall–Kier alpha value is -2.57. The van der Waals surface area contributed by atoms with Gasteiger partial charge in [-0.2, -0.15) is 0 Å². The molecule has 4 rings (SSSR count). The van der Waals surface area contributed by atoms with Crippen LogP contribution in [0.1, 0.15) is 37.4 Å². The van der Waals surface area contributed by atoms with Gasteiger partial charge in [-0.05, 0) is 74.9 Å². The Kier molecular flexibility index (Phi) is 7.66. The van der Waals surface area contributed by atoms with Gasteiger partial charge in [-0.15, -0.1) is 0 Å². The summed E-state index contributed by atoms with van der Waals surface area (Å²) >= 11 is 5.90. The number of halogens is 1. The summed E-state index contributed by atoms with van der Waals surface area (Å²) in [5.41, 5.74) is 1.23. The Morgan fingerprint density at radius 3 is 2.22 bits per heavy atom. The molecule has 0 aliphatic carbocycles. The number of carbonyl (C=O) groups is 2. The maximum Gasteiger partial charge on any atom is 0.412 e. The lowest BCUT2D eigenvalue weighted by molar-refractivity contribution is -0.142. The number of ether oxygens (including phenoxy) is 1. The van der Waals surface area contributed by atoms with Crippen LogP contribution < -0.4 is 10.6 Å². The highest BCUT2D eigenvalue weighted by molar-refractivity contribution is 6.30. The van der Waals surface area contributed by atoms with E-state index in [1.54, 1.807) is 24.3 Å². The Bertz CT molecular complexity index is 892. The molecule has 0 spiro atoms. The van der Waals surface area contributed by atoms with Crippen molar-refractivity contribution in [2.75, 3.05) is 31.5 Å². The van der Waals surface area contributed by atoms with Crippen LogP contribution in [0.2, 0.25) is 5.02 Å². The summed E-state index contributed by atoms with van der Waals surface area (Å²) in [6.07, 6.45) is 2.82. The highest BCUT2D eigenvalue weighted by atomic mass is 35.5. The average molecular weight is 456 g/mol. The first-order chi connectivity index (χ1) is 15.6. The molecule has 0 unspecified atom stereocenters. The van der Waals surface area contributed by atoms with Crippen LogP contribution in [-0.4, -0.2) is 43.1 Å². The maximum atomic E-state index is 13.4. The summed E-state index contributed by atoms with van der Waals surface area (Å²) < 4.78 is 5.65. The number of nitrogens with zero attached hydrogens (tertiary/aromatic N) is 1. The van der Waals surface area contributed by atoms with Crippen LogP contribution in [0.4, 0.5) is 10.5 Å². The fraction of sp³-hybridized carbons (Fsp3) is 0.440. The van der Waals surface area contributed by atoms with E-state index in [1.165, 1.54) is 12.8 Å². The maximum absolute atomic E-state index is 13.4. The van der Waals surface area contributed by atoms with Crippen LogP contribution in [-0.2, 0) is 9.53 Å². The van der Waals surface area contributed by atoms with Crippen molar-refractivity contribution in [3.63, 3.8) is 0 Å². The minimum absolute atomic E-state index is 0.161. The van der Waals surface area contributed by atoms with Crippen LogP contribution in [0.5, 0.6) is 0 Å². The van der Waals surface area contributed by atoms with Gasteiger partial charge in [-0.25, -0.2) is 4.79 Å². The molecular weight excluding hydrogens is 426 g/mol. The lowest BCUT2D eigenvalue weighted by atomic mass is 9.79. The van der Waals surface area contributed by atoms with Gasteiger partial charge >= 0.3 is 6.09 Å². The topological polar surface area (TPSA) is 70.7 Å². The summed E-state index contributed by atoms with van der Waals surface area (Å²) in [5.74, 6) is 1.26.